The summed E-state index contributed by atoms with van der Waals surface area (Å²) < 4.78 is 0. The van der Waals surface area contributed by atoms with Crippen molar-refractivity contribution < 1.29 is 0 Å². The lowest BCUT2D eigenvalue weighted by Crippen LogP contribution is -2.42. The molecule has 106 valence electrons. The van der Waals surface area contributed by atoms with Crippen LogP contribution in [-0.4, -0.2) is 17.8 Å². The molecular formula is C16H24ClNS. The Morgan fingerprint density at radius 1 is 1.21 bits per heavy atom. The maximum Gasteiger partial charge on any atom is 0.0406 e. The molecule has 0 spiro atoms. The van der Waals surface area contributed by atoms with Crippen molar-refractivity contribution >= 4 is 23.4 Å². The Labute approximate surface area is 126 Å². The van der Waals surface area contributed by atoms with E-state index in [2.05, 4.69) is 31.3 Å². The minimum atomic E-state index is 0.661. The minimum Gasteiger partial charge on any atom is -0.313 e. The van der Waals surface area contributed by atoms with Gasteiger partial charge in [0, 0.05) is 21.2 Å². The fraction of sp³-hybridized carbons (Fsp3) is 0.625. The van der Waals surface area contributed by atoms with Crippen molar-refractivity contribution in [2.45, 2.75) is 55.7 Å². The molecule has 0 heterocycles. The van der Waals surface area contributed by atoms with Gasteiger partial charge in [0.25, 0.3) is 0 Å². The van der Waals surface area contributed by atoms with Crippen LogP contribution in [0.2, 0.25) is 5.02 Å². The molecule has 19 heavy (non-hydrogen) atoms. The maximum atomic E-state index is 5.96. The lowest BCUT2D eigenvalue weighted by Gasteiger charge is -2.36. The van der Waals surface area contributed by atoms with Crippen molar-refractivity contribution in [3.63, 3.8) is 0 Å². The monoisotopic (exact) mass is 297 g/mol. The summed E-state index contributed by atoms with van der Waals surface area (Å²) in [6.07, 6.45) is 5.35. The second-order valence-electron chi connectivity index (χ2n) is 5.36. The summed E-state index contributed by atoms with van der Waals surface area (Å²) in [5, 5.41) is 5.18. The van der Waals surface area contributed by atoms with E-state index in [9.17, 15) is 0 Å². The van der Waals surface area contributed by atoms with E-state index in [1.54, 1.807) is 0 Å². The molecule has 2 rings (SSSR count). The number of rotatable bonds is 5. The van der Waals surface area contributed by atoms with E-state index in [1.807, 2.05) is 23.9 Å². The number of hydrogen-bond acceptors (Lipinski definition) is 2. The fourth-order valence-electron chi connectivity index (χ4n) is 2.90. The number of thioether (sulfide) groups is 1. The van der Waals surface area contributed by atoms with Gasteiger partial charge in [-0.1, -0.05) is 31.9 Å². The van der Waals surface area contributed by atoms with Crippen LogP contribution in [0.25, 0.3) is 0 Å². The molecule has 1 aliphatic rings. The molecule has 0 saturated heterocycles. The molecule has 0 aromatic heterocycles. The average Bonchev–Trinajstić information content (AvgIpc) is 2.43. The fourth-order valence-corrected chi connectivity index (χ4v) is 4.43. The van der Waals surface area contributed by atoms with Crippen LogP contribution in [0.15, 0.2) is 29.2 Å². The molecule has 0 bridgehead atoms. The summed E-state index contributed by atoms with van der Waals surface area (Å²) in [7, 11) is 0. The van der Waals surface area contributed by atoms with E-state index < -0.39 is 0 Å². The Kier molecular flexibility index (Phi) is 6.06. The normalized spacial score (nSPS) is 27.4. The van der Waals surface area contributed by atoms with E-state index in [0.29, 0.717) is 11.3 Å². The minimum absolute atomic E-state index is 0.661. The Morgan fingerprint density at radius 2 is 1.95 bits per heavy atom. The zero-order valence-electron chi connectivity index (χ0n) is 11.9. The van der Waals surface area contributed by atoms with Crippen molar-refractivity contribution in [1.29, 1.82) is 0 Å². The summed E-state index contributed by atoms with van der Waals surface area (Å²) >= 11 is 7.98. The van der Waals surface area contributed by atoms with Crippen molar-refractivity contribution in [2.24, 2.45) is 5.92 Å². The summed E-state index contributed by atoms with van der Waals surface area (Å²) in [5.41, 5.74) is 0. The molecule has 1 aromatic rings. The summed E-state index contributed by atoms with van der Waals surface area (Å²) in [6.45, 7) is 5.59. The molecule has 1 N–H and O–H groups in total. The highest BCUT2D eigenvalue weighted by Crippen LogP contribution is 2.37. The van der Waals surface area contributed by atoms with Crippen molar-refractivity contribution in [2.75, 3.05) is 6.54 Å². The zero-order valence-corrected chi connectivity index (χ0v) is 13.4. The van der Waals surface area contributed by atoms with Crippen LogP contribution < -0.4 is 5.32 Å². The van der Waals surface area contributed by atoms with E-state index in [-0.39, 0.29) is 0 Å². The van der Waals surface area contributed by atoms with E-state index in [4.69, 9.17) is 11.6 Å². The van der Waals surface area contributed by atoms with Crippen LogP contribution in [0.3, 0.4) is 0 Å². The largest absolute Gasteiger partial charge is 0.313 e. The van der Waals surface area contributed by atoms with Crippen molar-refractivity contribution in [3.05, 3.63) is 29.3 Å². The SMILES string of the molecule is CCNC1CCC(CC)CC1Sc1ccc(Cl)cc1. The molecule has 3 atom stereocenters. The van der Waals surface area contributed by atoms with E-state index in [0.717, 1.165) is 17.5 Å². The molecule has 1 fully saturated rings. The number of halogens is 1. The molecule has 1 aromatic carbocycles. The first kappa shape index (κ1) is 15.2. The third-order valence-electron chi connectivity index (χ3n) is 4.05. The van der Waals surface area contributed by atoms with Crippen molar-refractivity contribution in [1.82, 2.24) is 5.32 Å². The Hall–Kier alpha value is -0.180. The zero-order chi connectivity index (χ0) is 13.7. The van der Waals surface area contributed by atoms with Crippen LogP contribution in [0.1, 0.15) is 39.5 Å². The quantitative estimate of drug-likeness (QED) is 0.822. The standard InChI is InChI=1S/C16H24ClNS/c1-3-12-5-10-15(18-4-2)16(11-12)19-14-8-6-13(17)7-9-14/h6-9,12,15-16,18H,3-5,10-11H2,1-2H3. The Balaban J connectivity index is 2.02. The van der Waals surface area contributed by atoms with Gasteiger partial charge in [-0.2, -0.15) is 0 Å². The molecule has 0 amide bonds. The highest BCUT2D eigenvalue weighted by Gasteiger charge is 2.29. The van der Waals surface area contributed by atoms with Gasteiger partial charge in [0.1, 0.15) is 0 Å². The van der Waals surface area contributed by atoms with Crippen LogP contribution in [0, 0.1) is 5.92 Å². The molecule has 1 nitrogen and oxygen atoms in total. The van der Waals surface area contributed by atoms with Gasteiger partial charge < -0.3 is 5.32 Å². The molecule has 0 radical (unpaired) electrons. The number of hydrogen-bond donors (Lipinski definition) is 1. The predicted molar refractivity (Wildman–Crippen MR) is 86.2 cm³/mol. The molecule has 1 saturated carbocycles. The smallest absolute Gasteiger partial charge is 0.0406 e. The van der Waals surface area contributed by atoms with Gasteiger partial charge in [0.2, 0.25) is 0 Å². The molecule has 3 unspecified atom stereocenters. The lowest BCUT2D eigenvalue weighted by atomic mass is 9.84. The number of benzene rings is 1. The van der Waals surface area contributed by atoms with Crippen LogP contribution >= 0.6 is 23.4 Å². The molecule has 0 aliphatic heterocycles. The molecule has 1 aliphatic carbocycles. The van der Waals surface area contributed by atoms with E-state index in [1.165, 1.54) is 30.6 Å². The van der Waals surface area contributed by atoms with Gasteiger partial charge in [0.15, 0.2) is 0 Å². The average molecular weight is 298 g/mol. The highest BCUT2D eigenvalue weighted by atomic mass is 35.5. The number of nitrogens with one attached hydrogen (secondary N) is 1. The summed E-state index contributed by atoms with van der Waals surface area (Å²) in [5.74, 6) is 0.903. The third-order valence-corrected chi connectivity index (χ3v) is 5.67. The summed E-state index contributed by atoms with van der Waals surface area (Å²) in [4.78, 5) is 1.34. The maximum absolute atomic E-state index is 5.96. The predicted octanol–water partition coefficient (Wildman–Crippen LogP) is 4.99. The van der Waals surface area contributed by atoms with Gasteiger partial charge in [0.05, 0.1) is 0 Å². The second kappa shape index (κ2) is 7.56. The Bertz CT molecular complexity index is 379. The van der Waals surface area contributed by atoms with Crippen LogP contribution in [0.5, 0.6) is 0 Å². The Morgan fingerprint density at radius 3 is 2.58 bits per heavy atom. The first-order chi connectivity index (χ1) is 9.22. The second-order valence-corrected chi connectivity index (χ2v) is 7.11. The van der Waals surface area contributed by atoms with Crippen LogP contribution in [-0.2, 0) is 0 Å². The van der Waals surface area contributed by atoms with E-state index >= 15 is 0 Å². The van der Waals surface area contributed by atoms with Gasteiger partial charge >= 0.3 is 0 Å². The molecular weight excluding hydrogens is 274 g/mol. The van der Waals surface area contributed by atoms with Gasteiger partial charge in [-0.05, 0) is 56.0 Å². The van der Waals surface area contributed by atoms with Gasteiger partial charge in [-0.3, -0.25) is 0 Å². The topological polar surface area (TPSA) is 12.0 Å². The van der Waals surface area contributed by atoms with Gasteiger partial charge in [-0.25, -0.2) is 0 Å². The first-order valence-electron chi connectivity index (χ1n) is 7.38. The first-order valence-corrected chi connectivity index (χ1v) is 8.64. The highest BCUT2D eigenvalue weighted by molar-refractivity contribution is 8.00. The van der Waals surface area contributed by atoms with Crippen molar-refractivity contribution in [3.8, 4) is 0 Å². The molecule has 3 heteroatoms. The van der Waals surface area contributed by atoms with Crippen LogP contribution in [0.4, 0.5) is 0 Å². The summed E-state index contributed by atoms with van der Waals surface area (Å²) in [6, 6.07) is 8.93. The lowest BCUT2D eigenvalue weighted by molar-refractivity contribution is 0.298. The van der Waals surface area contributed by atoms with Gasteiger partial charge in [-0.15, -0.1) is 11.8 Å². The third kappa shape index (κ3) is 4.40.